The summed E-state index contributed by atoms with van der Waals surface area (Å²) in [6.45, 7) is 6.17. The lowest BCUT2D eigenvalue weighted by molar-refractivity contribution is 0.986. The van der Waals surface area contributed by atoms with Crippen LogP contribution < -0.4 is 5.32 Å². The Kier molecular flexibility index (Phi) is 3.85. The second-order valence-electron chi connectivity index (χ2n) is 2.11. The Morgan fingerprint density at radius 3 is 2.22 bits per heavy atom. The molecule has 0 saturated heterocycles. The lowest BCUT2D eigenvalue weighted by Gasteiger charge is -1.97. The van der Waals surface area contributed by atoms with E-state index < -0.39 is 0 Å². The summed E-state index contributed by atoms with van der Waals surface area (Å²) >= 11 is 0. The van der Waals surface area contributed by atoms with Gasteiger partial charge in [0.05, 0.1) is 0 Å². The summed E-state index contributed by atoms with van der Waals surface area (Å²) < 4.78 is 0. The number of rotatable bonds is 2. The van der Waals surface area contributed by atoms with E-state index in [2.05, 4.69) is 24.4 Å². The summed E-state index contributed by atoms with van der Waals surface area (Å²) in [7, 11) is 1.93. The maximum Gasteiger partial charge on any atom is 0.00749 e. The quantitative estimate of drug-likeness (QED) is 0.557. The fourth-order valence-corrected chi connectivity index (χ4v) is 0.497. The van der Waals surface area contributed by atoms with E-state index in [-0.39, 0.29) is 0 Å². The molecule has 9 heavy (non-hydrogen) atoms. The molecule has 1 heteroatoms. The van der Waals surface area contributed by atoms with Crippen LogP contribution in [0.25, 0.3) is 0 Å². The molecular formula is C8H15N. The van der Waals surface area contributed by atoms with Crippen molar-refractivity contribution in [2.75, 3.05) is 7.05 Å². The third-order valence-corrected chi connectivity index (χ3v) is 1.29. The average molecular weight is 125 g/mol. The number of nitrogens with one attached hydrogen (secondary N) is 1. The van der Waals surface area contributed by atoms with Crippen LogP contribution in [0.3, 0.4) is 0 Å². The zero-order valence-corrected chi connectivity index (χ0v) is 6.65. The molecule has 0 bridgehead atoms. The summed E-state index contributed by atoms with van der Waals surface area (Å²) in [5, 5.41) is 3.05. The highest BCUT2D eigenvalue weighted by molar-refractivity contribution is 5.18. The Bertz CT molecular complexity index is 132. The van der Waals surface area contributed by atoms with Crippen molar-refractivity contribution in [1.29, 1.82) is 0 Å². The van der Waals surface area contributed by atoms with Crippen molar-refractivity contribution in [3.05, 3.63) is 23.4 Å². The highest BCUT2D eigenvalue weighted by Gasteiger charge is 1.81. The Morgan fingerprint density at radius 2 is 1.89 bits per heavy atom. The van der Waals surface area contributed by atoms with Gasteiger partial charge in [-0.1, -0.05) is 11.6 Å². The molecule has 0 unspecified atom stereocenters. The molecule has 0 radical (unpaired) electrons. The molecule has 0 atom stereocenters. The molecule has 52 valence electrons. The Morgan fingerprint density at radius 1 is 1.33 bits per heavy atom. The van der Waals surface area contributed by atoms with Crippen molar-refractivity contribution in [1.82, 2.24) is 5.32 Å². The molecule has 0 aromatic carbocycles. The molecule has 0 aliphatic carbocycles. The molecule has 0 spiro atoms. The van der Waals surface area contributed by atoms with Crippen molar-refractivity contribution in [3.8, 4) is 0 Å². The summed E-state index contributed by atoms with van der Waals surface area (Å²) in [4.78, 5) is 0. The van der Waals surface area contributed by atoms with E-state index in [1.165, 1.54) is 11.3 Å². The first kappa shape index (κ1) is 8.28. The average Bonchev–Trinajstić information content (AvgIpc) is 1.87. The summed E-state index contributed by atoms with van der Waals surface area (Å²) in [5.74, 6) is 0. The van der Waals surface area contributed by atoms with Crippen LogP contribution in [0.1, 0.15) is 20.8 Å². The van der Waals surface area contributed by atoms with E-state index in [1.54, 1.807) is 0 Å². The minimum absolute atomic E-state index is 1.20. The van der Waals surface area contributed by atoms with Gasteiger partial charge >= 0.3 is 0 Å². The normalized spacial score (nSPS) is 13.8. The smallest absolute Gasteiger partial charge is 0.00749 e. The van der Waals surface area contributed by atoms with Crippen molar-refractivity contribution < 1.29 is 0 Å². The lowest BCUT2D eigenvalue weighted by atomic mass is 10.2. The van der Waals surface area contributed by atoms with Gasteiger partial charge in [-0.05, 0) is 26.8 Å². The van der Waals surface area contributed by atoms with Gasteiger partial charge in [-0.25, -0.2) is 0 Å². The number of hydrogen-bond acceptors (Lipinski definition) is 1. The largest absolute Gasteiger partial charge is 0.392 e. The van der Waals surface area contributed by atoms with E-state index >= 15 is 0 Å². The molecule has 0 rings (SSSR count). The third kappa shape index (κ3) is 3.83. The monoisotopic (exact) mass is 125 g/mol. The van der Waals surface area contributed by atoms with Crippen molar-refractivity contribution >= 4 is 0 Å². The van der Waals surface area contributed by atoms with E-state index in [0.717, 1.165) is 0 Å². The van der Waals surface area contributed by atoms with E-state index in [1.807, 2.05) is 20.9 Å². The van der Waals surface area contributed by atoms with E-state index in [0.29, 0.717) is 0 Å². The molecule has 1 N–H and O–H groups in total. The van der Waals surface area contributed by atoms with Crippen LogP contribution in [-0.4, -0.2) is 7.05 Å². The van der Waals surface area contributed by atoms with E-state index in [4.69, 9.17) is 0 Å². The molecule has 0 aliphatic rings. The minimum atomic E-state index is 1.20. The second-order valence-corrected chi connectivity index (χ2v) is 2.11. The van der Waals surface area contributed by atoms with Gasteiger partial charge in [-0.3, -0.25) is 0 Å². The molecule has 0 amide bonds. The SMILES string of the molecule is C/C=C(C)\C=C(\C)NC. The van der Waals surface area contributed by atoms with Gasteiger partial charge in [-0.2, -0.15) is 0 Å². The molecule has 0 aromatic heterocycles. The first-order chi connectivity index (χ1) is 4.20. The summed E-state index contributed by atoms with van der Waals surface area (Å²) in [5.41, 5.74) is 2.49. The highest BCUT2D eigenvalue weighted by Crippen LogP contribution is 1.96. The van der Waals surface area contributed by atoms with Gasteiger partial charge in [0.1, 0.15) is 0 Å². The molecule has 0 heterocycles. The number of hydrogen-bond donors (Lipinski definition) is 1. The van der Waals surface area contributed by atoms with Crippen molar-refractivity contribution in [3.63, 3.8) is 0 Å². The summed E-state index contributed by atoms with van der Waals surface area (Å²) in [6.07, 6.45) is 4.20. The minimum Gasteiger partial charge on any atom is -0.392 e. The Labute approximate surface area is 57.5 Å². The Balaban J connectivity index is 3.95. The fourth-order valence-electron chi connectivity index (χ4n) is 0.497. The predicted molar refractivity (Wildman–Crippen MR) is 42.2 cm³/mol. The zero-order valence-electron chi connectivity index (χ0n) is 6.65. The standard InChI is InChI=1S/C8H15N/c1-5-7(2)6-8(3)9-4/h5-6,9H,1-4H3/b7-5-,8-6-. The van der Waals surface area contributed by atoms with Gasteiger partial charge < -0.3 is 5.32 Å². The fraction of sp³-hybridized carbons (Fsp3) is 0.500. The van der Waals surface area contributed by atoms with Crippen LogP contribution in [0.2, 0.25) is 0 Å². The molecule has 0 aliphatic heterocycles. The maximum absolute atomic E-state index is 3.05. The van der Waals surface area contributed by atoms with Gasteiger partial charge in [0.25, 0.3) is 0 Å². The molecular weight excluding hydrogens is 110 g/mol. The topological polar surface area (TPSA) is 12.0 Å². The molecule has 0 aromatic rings. The zero-order chi connectivity index (χ0) is 7.28. The van der Waals surface area contributed by atoms with Crippen LogP contribution in [-0.2, 0) is 0 Å². The number of allylic oxidation sites excluding steroid dienone is 4. The van der Waals surface area contributed by atoms with Crippen LogP contribution in [0.15, 0.2) is 23.4 Å². The van der Waals surface area contributed by atoms with E-state index in [9.17, 15) is 0 Å². The van der Waals surface area contributed by atoms with Crippen LogP contribution in [0, 0.1) is 0 Å². The first-order valence-electron chi connectivity index (χ1n) is 3.19. The van der Waals surface area contributed by atoms with Crippen LogP contribution >= 0.6 is 0 Å². The Hall–Kier alpha value is -0.720. The van der Waals surface area contributed by atoms with Crippen molar-refractivity contribution in [2.45, 2.75) is 20.8 Å². The molecule has 0 fully saturated rings. The van der Waals surface area contributed by atoms with Gasteiger partial charge in [-0.15, -0.1) is 0 Å². The third-order valence-electron chi connectivity index (χ3n) is 1.29. The maximum atomic E-state index is 3.05. The first-order valence-corrected chi connectivity index (χ1v) is 3.19. The van der Waals surface area contributed by atoms with Crippen LogP contribution in [0.4, 0.5) is 0 Å². The van der Waals surface area contributed by atoms with Gasteiger partial charge in [0.15, 0.2) is 0 Å². The highest BCUT2D eigenvalue weighted by atomic mass is 14.8. The van der Waals surface area contributed by atoms with Crippen molar-refractivity contribution in [2.24, 2.45) is 0 Å². The van der Waals surface area contributed by atoms with Gasteiger partial charge in [0, 0.05) is 12.7 Å². The molecule has 0 saturated carbocycles. The van der Waals surface area contributed by atoms with Gasteiger partial charge in [0.2, 0.25) is 0 Å². The second kappa shape index (κ2) is 4.19. The molecule has 1 nitrogen and oxygen atoms in total. The predicted octanol–water partition coefficient (Wildman–Crippen LogP) is 2.08. The lowest BCUT2D eigenvalue weighted by Crippen LogP contribution is -2.00. The van der Waals surface area contributed by atoms with Crippen LogP contribution in [0.5, 0.6) is 0 Å². The summed E-state index contributed by atoms with van der Waals surface area (Å²) in [6, 6.07) is 0.